The predicted octanol–water partition coefficient (Wildman–Crippen LogP) is -0.202. The number of nitrogens with one attached hydrogen (secondary N) is 2. The normalized spacial score (nSPS) is 23.0. The Labute approximate surface area is 87.2 Å². The van der Waals surface area contributed by atoms with Crippen LogP contribution in [0, 0.1) is 5.92 Å². The van der Waals surface area contributed by atoms with E-state index >= 15 is 0 Å². The van der Waals surface area contributed by atoms with Crippen molar-refractivity contribution in [3.05, 3.63) is 0 Å². The molecule has 1 aliphatic heterocycles. The lowest BCUT2D eigenvalue weighted by Gasteiger charge is -2.14. The highest BCUT2D eigenvalue weighted by Gasteiger charge is 2.30. The topological polar surface area (TPSA) is 67.4 Å². The summed E-state index contributed by atoms with van der Waals surface area (Å²) in [5.74, 6) is -0.615. The second-order valence-corrected chi connectivity index (χ2v) is 3.42. The van der Waals surface area contributed by atoms with Crippen LogP contribution in [0.4, 0.5) is 0 Å². The molecule has 0 aliphatic carbocycles. The molecule has 0 saturated carbocycles. The summed E-state index contributed by atoms with van der Waals surface area (Å²) in [4.78, 5) is 24.7. The van der Waals surface area contributed by atoms with Gasteiger partial charge in [0.2, 0.25) is 5.91 Å². The monoisotopic (exact) mass is 220 g/mol. The van der Waals surface area contributed by atoms with Crippen LogP contribution in [0.3, 0.4) is 0 Å². The SMILES string of the molecule is COC(=O)[C@H](C[C@@H]1CCNC1=O)NCl. The van der Waals surface area contributed by atoms with Crippen molar-refractivity contribution in [1.82, 2.24) is 10.2 Å². The molecule has 1 amide bonds. The van der Waals surface area contributed by atoms with Gasteiger partial charge in [-0.05, 0) is 24.6 Å². The van der Waals surface area contributed by atoms with Crippen LogP contribution < -0.4 is 10.2 Å². The van der Waals surface area contributed by atoms with Gasteiger partial charge in [0, 0.05) is 12.5 Å². The van der Waals surface area contributed by atoms with Crippen LogP contribution in [0.25, 0.3) is 0 Å². The third-order valence-electron chi connectivity index (χ3n) is 2.30. The largest absolute Gasteiger partial charge is 0.468 e. The minimum atomic E-state index is -0.615. The van der Waals surface area contributed by atoms with Crippen molar-refractivity contribution in [3.8, 4) is 0 Å². The molecule has 5 nitrogen and oxygen atoms in total. The summed E-state index contributed by atoms with van der Waals surface area (Å²) in [5.41, 5.74) is 0. The van der Waals surface area contributed by atoms with E-state index in [9.17, 15) is 9.59 Å². The Hall–Kier alpha value is -0.810. The number of carbonyl (C=O) groups excluding carboxylic acids is 2. The van der Waals surface area contributed by atoms with E-state index in [1.807, 2.05) is 0 Å². The van der Waals surface area contributed by atoms with Crippen LogP contribution in [0.1, 0.15) is 12.8 Å². The second kappa shape index (κ2) is 5.17. The minimum Gasteiger partial charge on any atom is -0.468 e. The van der Waals surface area contributed by atoms with Crippen molar-refractivity contribution in [1.29, 1.82) is 0 Å². The van der Waals surface area contributed by atoms with Crippen molar-refractivity contribution in [2.75, 3.05) is 13.7 Å². The lowest BCUT2D eigenvalue weighted by Crippen LogP contribution is -2.35. The standard InChI is InChI=1S/C8H13ClN2O3/c1-14-8(13)6(11-9)4-5-2-3-10-7(5)12/h5-6,11H,2-4H2,1H3,(H,10,12)/t5-,6-/m0/s1. The number of halogens is 1. The molecule has 0 aromatic carbocycles. The number of carbonyl (C=O) groups is 2. The van der Waals surface area contributed by atoms with Gasteiger partial charge in [0.1, 0.15) is 6.04 Å². The average Bonchev–Trinajstić information content (AvgIpc) is 2.59. The molecule has 0 aromatic rings. The minimum absolute atomic E-state index is 0.0224. The number of hydrogen-bond acceptors (Lipinski definition) is 4. The fraction of sp³-hybridized carbons (Fsp3) is 0.750. The molecule has 80 valence electrons. The Balaban J connectivity index is 2.47. The molecule has 0 spiro atoms. The van der Waals surface area contributed by atoms with Crippen molar-refractivity contribution in [3.63, 3.8) is 0 Å². The van der Waals surface area contributed by atoms with E-state index in [-0.39, 0.29) is 11.8 Å². The molecule has 0 bridgehead atoms. The highest BCUT2D eigenvalue weighted by molar-refractivity contribution is 6.14. The van der Waals surface area contributed by atoms with Crippen molar-refractivity contribution in [2.24, 2.45) is 5.92 Å². The summed E-state index contributed by atoms with van der Waals surface area (Å²) in [7, 11) is 1.29. The van der Waals surface area contributed by atoms with E-state index < -0.39 is 12.0 Å². The predicted molar refractivity (Wildman–Crippen MR) is 50.5 cm³/mol. The van der Waals surface area contributed by atoms with Crippen molar-refractivity contribution < 1.29 is 14.3 Å². The lowest BCUT2D eigenvalue weighted by atomic mass is 9.99. The molecule has 6 heteroatoms. The molecule has 1 saturated heterocycles. The molecule has 2 atom stereocenters. The number of esters is 1. The Morgan fingerprint density at radius 2 is 2.57 bits per heavy atom. The summed E-state index contributed by atoms with van der Waals surface area (Å²) in [5, 5.41) is 2.69. The van der Waals surface area contributed by atoms with E-state index in [1.165, 1.54) is 7.11 Å². The Morgan fingerprint density at radius 1 is 1.86 bits per heavy atom. The van der Waals surface area contributed by atoms with Crippen molar-refractivity contribution in [2.45, 2.75) is 18.9 Å². The van der Waals surface area contributed by atoms with Crippen LogP contribution in [-0.2, 0) is 14.3 Å². The van der Waals surface area contributed by atoms with Gasteiger partial charge in [-0.25, -0.2) is 4.84 Å². The highest BCUT2D eigenvalue weighted by Crippen LogP contribution is 2.16. The lowest BCUT2D eigenvalue weighted by molar-refractivity contribution is -0.143. The quantitative estimate of drug-likeness (QED) is 0.509. The maximum absolute atomic E-state index is 11.2. The Morgan fingerprint density at radius 3 is 3.00 bits per heavy atom. The fourth-order valence-corrected chi connectivity index (χ4v) is 1.66. The van der Waals surface area contributed by atoms with Gasteiger partial charge >= 0.3 is 5.97 Å². The summed E-state index contributed by atoms with van der Waals surface area (Å²) in [6.07, 6.45) is 1.12. The Bertz CT molecular complexity index is 235. The zero-order chi connectivity index (χ0) is 10.6. The van der Waals surface area contributed by atoms with Gasteiger partial charge < -0.3 is 10.1 Å². The number of ether oxygens (including phenoxy) is 1. The third kappa shape index (κ3) is 2.59. The fourth-order valence-electron chi connectivity index (χ4n) is 1.48. The van der Waals surface area contributed by atoms with E-state index in [0.717, 1.165) is 6.42 Å². The molecule has 1 heterocycles. The van der Waals surface area contributed by atoms with Gasteiger partial charge in [0.25, 0.3) is 0 Å². The van der Waals surface area contributed by atoms with Crippen LogP contribution in [-0.4, -0.2) is 31.6 Å². The zero-order valence-corrected chi connectivity index (χ0v) is 8.63. The summed E-state index contributed by atoms with van der Waals surface area (Å²) in [6.45, 7) is 0.666. The zero-order valence-electron chi connectivity index (χ0n) is 7.88. The molecule has 0 unspecified atom stereocenters. The number of methoxy groups -OCH3 is 1. The molecule has 14 heavy (non-hydrogen) atoms. The summed E-state index contributed by atoms with van der Waals surface area (Å²) >= 11 is 5.38. The molecular formula is C8H13ClN2O3. The van der Waals surface area contributed by atoms with Crippen LogP contribution >= 0.6 is 11.8 Å². The van der Waals surface area contributed by atoms with Gasteiger partial charge in [-0.15, -0.1) is 0 Å². The van der Waals surface area contributed by atoms with Crippen LogP contribution in [0.5, 0.6) is 0 Å². The first-order chi connectivity index (χ1) is 6.69. The van der Waals surface area contributed by atoms with Gasteiger partial charge in [0.05, 0.1) is 7.11 Å². The number of rotatable bonds is 4. The Kier molecular flexibility index (Phi) is 4.16. The molecule has 0 aromatic heterocycles. The molecule has 1 rings (SSSR count). The summed E-state index contributed by atoms with van der Waals surface area (Å²) in [6, 6.07) is -0.615. The first-order valence-corrected chi connectivity index (χ1v) is 4.78. The van der Waals surface area contributed by atoms with Gasteiger partial charge in [0.15, 0.2) is 0 Å². The second-order valence-electron chi connectivity index (χ2n) is 3.20. The van der Waals surface area contributed by atoms with E-state index in [0.29, 0.717) is 13.0 Å². The third-order valence-corrected chi connectivity index (χ3v) is 2.56. The smallest absolute Gasteiger partial charge is 0.324 e. The molecular weight excluding hydrogens is 208 g/mol. The molecule has 1 fully saturated rings. The first-order valence-electron chi connectivity index (χ1n) is 4.40. The number of amides is 1. The average molecular weight is 221 g/mol. The first kappa shape index (κ1) is 11.3. The van der Waals surface area contributed by atoms with Crippen LogP contribution in [0.15, 0.2) is 0 Å². The number of hydrogen-bond donors (Lipinski definition) is 2. The van der Waals surface area contributed by atoms with Crippen LogP contribution in [0.2, 0.25) is 0 Å². The van der Waals surface area contributed by atoms with E-state index in [4.69, 9.17) is 11.8 Å². The van der Waals surface area contributed by atoms with Gasteiger partial charge in [-0.1, -0.05) is 0 Å². The van der Waals surface area contributed by atoms with Gasteiger partial charge in [-0.2, -0.15) is 0 Å². The highest BCUT2D eigenvalue weighted by atomic mass is 35.5. The van der Waals surface area contributed by atoms with E-state index in [1.54, 1.807) is 0 Å². The maximum Gasteiger partial charge on any atom is 0.324 e. The van der Waals surface area contributed by atoms with Gasteiger partial charge in [-0.3, -0.25) is 9.59 Å². The molecule has 1 aliphatic rings. The van der Waals surface area contributed by atoms with E-state index in [2.05, 4.69) is 14.9 Å². The maximum atomic E-state index is 11.2. The molecule has 2 N–H and O–H groups in total. The summed E-state index contributed by atoms with van der Waals surface area (Å²) < 4.78 is 4.53. The van der Waals surface area contributed by atoms with Crippen molar-refractivity contribution >= 4 is 23.7 Å². The molecule has 0 radical (unpaired) electrons.